The van der Waals surface area contributed by atoms with Crippen molar-refractivity contribution >= 4 is 6.21 Å². The lowest BCUT2D eigenvalue weighted by Gasteiger charge is -2.24. The minimum absolute atomic E-state index is 0.315. The molecule has 1 aliphatic heterocycles. The average molecular weight is 142 g/mol. The van der Waals surface area contributed by atoms with Crippen molar-refractivity contribution in [1.29, 1.82) is 0 Å². The van der Waals surface area contributed by atoms with Crippen molar-refractivity contribution in [2.75, 3.05) is 13.1 Å². The lowest BCUT2D eigenvalue weighted by molar-refractivity contribution is 0.0234. The van der Waals surface area contributed by atoms with Gasteiger partial charge in [-0.2, -0.15) is 0 Å². The molecular weight excluding hydrogens is 128 g/mol. The van der Waals surface area contributed by atoms with E-state index in [4.69, 9.17) is 4.84 Å². The summed E-state index contributed by atoms with van der Waals surface area (Å²) in [6, 6.07) is 0. The highest BCUT2D eigenvalue weighted by atomic mass is 16.6. The maximum absolute atomic E-state index is 5.10. The molecule has 0 radical (unpaired) electrons. The third-order valence-corrected chi connectivity index (χ3v) is 1.31. The summed E-state index contributed by atoms with van der Waals surface area (Å²) in [4.78, 5) is 5.10. The molecule has 58 valence electrons. The minimum atomic E-state index is 0.315. The second-order valence-corrected chi connectivity index (χ2v) is 2.88. The molecule has 0 aliphatic carbocycles. The Morgan fingerprint density at radius 3 is 2.70 bits per heavy atom. The first kappa shape index (κ1) is 7.54. The van der Waals surface area contributed by atoms with E-state index in [1.165, 1.54) is 0 Å². The predicted octanol–water partition coefficient (Wildman–Crippen LogP) is 0.617. The highest BCUT2D eigenvalue weighted by molar-refractivity contribution is 5.58. The van der Waals surface area contributed by atoms with Crippen LogP contribution < -0.4 is 5.32 Å². The number of hydrogen-bond acceptors (Lipinski definition) is 3. The highest BCUT2D eigenvalue weighted by Crippen LogP contribution is 1.98. The van der Waals surface area contributed by atoms with Gasteiger partial charge in [-0.15, -0.1) is 0 Å². The summed E-state index contributed by atoms with van der Waals surface area (Å²) >= 11 is 0. The molecule has 0 saturated carbocycles. The van der Waals surface area contributed by atoms with E-state index in [1.54, 1.807) is 0 Å². The van der Waals surface area contributed by atoms with E-state index in [-0.39, 0.29) is 0 Å². The van der Waals surface area contributed by atoms with Crippen LogP contribution in [-0.4, -0.2) is 25.4 Å². The van der Waals surface area contributed by atoms with Gasteiger partial charge in [0.1, 0.15) is 0 Å². The molecule has 0 aromatic carbocycles. The molecule has 0 atom stereocenters. The molecule has 0 bridgehead atoms. The molecule has 1 aliphatic rings. The summed E-state index contributed by atoms with van der Waals surface area (Å²) in [6.07, 6.45) is 2.13. The summed E-state index contributed by atoms with van der Waals surface area (Å²) in [5, 5.41) is 6.93. The van der Waals surface area contributed by atoms with Crippen LogP contribution in [0.4, 0.5) is 0 Å². The fourth-order valence-corrected chi connectivity index (χ4v) is 0.580. The van der Waals surface area contributed by atoms with Gasteiger partial charge in [0.05, 0.1) is 0 Å². The molecule has 3 heteroatoms. The Hall–Kier alpha value is -0.570. The van der Waals surface area contributed by atoms with Crippen LogP contribution in [0.3, 0.4) is 0 Å². The fourth-order valence-electron chi connectivity index (χ4n) is 0.580. The first-order valence-corrected chi connectivity index (χ1v) is 3.69. The third-order valence-electron chi connectivity index (χ3n) is 1.31. The molecule has 1 heterocycles. The van der Waals surface area contributed by atoms with E-state index in [1.807, 2.05) is 6.21 Å². The molecule has 0 amide bonds. The summed E-state index contributed by atoms with van der Waals surface area (Å²) in [6.45, 7) is 6.03. The lowest BCUT2D eigenvalue weighted by Crippen LogP contribution is -2.47. The maximum atomic E-state index is 5.10. The Bertz CT molecular complexity index is 119. The molecule has 1 N–H and O–H groups in total. The van der Waals surface area contributed by atoms with E-state index < -0.39 is 0 Å². The monoisotopic (exact) mass is 142 g/mol. The molecule has 0 spiro atoms. The largest absolute Gasteiger partial charge is 0.390 e. The van der Waals surface area contributed by atoms with E-state index in [0.717, 1.165) is 13.1 Å². The number of oxime groups is 1. The fraction of sp³-hybridized carbons (Fsp3) is 0.857. The van der Waals surface area contributed by atoms with Gasteiger partial charge in [0, 0.05) is 19.3 Å². The van der Waals surface area contributed by atoms with Gasteiger partial charge < -0.3 is 10.2 Å². The zero-order chi connectivity index (χ0) is 7.40. The van der Waals surface area contributed by atoms with Gasteiger partial charge in [-0.25, -0.2) is 0 Å². The van der Waals surface area contributed by atoms with Gasteiger partial charge in [-0.1, -0.05) is 19.0 Å². The summed E-state index contributed by atoms with van der Waals surface area (Å²) in [7, 11) is 0. The number of nitrogens with one attached hydrogen (secondary N) is 1. The third kappa shape index (κ3) is 2.35. The lowest BCUT2D eigenvalue weighted by atomic mass is 10.2. The van der Waals surface area contributed by atoms with Gasteiger partial charge in [-0.05, 0) is 5.92 Å². The van der Waals surface area contributed by atoms with Gasteiger partial charge in [-0.3, -0.25) is 0 Å². The van der Waals surface area contributed by atoms with Crippen molar-refractivity contribution in [3.63, 3.8) is 0 Å². The highest BCUT2D eigenvalue weighted by Gasteiger charge is 2.17. The van der Waals surface area contributed by atoms with Crippen LogP contribution in [0.2, 0.25) is 0 Å². The molecule has 1 saturated heterocycles. The second-order valence-electron chi connectivity index (χ2n) is 2.88. The van der Waals surface area contributed by atoms with Gasteiger partial charge in [0.2, 0.25) is 0 Å². The summed E-state index contributed by atoms with van der Waals surface area (Å²) in [5.41, 5.74) is 0. The van der Waals surface area contributed by atoms with Crippen LogP contribution in [0.1, 0.15) is 13.8 Å². The second kappa shape index (κ2) is 3.56. The Balaban J connectivity index is 2.03. The molecule has 1 rings (SSSR count). The average Bonchev–Trinajstić information content (AvgIpc) is 1.75. The standard InChI is InChI=1S/C7H14N2O/c1-6(2)3-9-10-7-4-8-5-7/h3,6-8H,4-5H2,1-2H3/b9-3+. The molecule has 0 unspecified atom stereocenters. The van der Waals surface area contributed by atoms with Crippen molar-refractivity contribution in [2.45, 2.75) is 20.0 Å². The van der Waals surface area contributed by atoms with Crippen LogP contribution in [0.15, 0.2) is 5.16 Å². The minimum Gasteiger partial charge on any atom is -0.390 e. The van der Waals surface area contributed by atoms with E-state index in [0.29, 0.717) is 12.0 Å². The maximum Gasteiger partial charge on any atom is 0.152 e. The number of nitrogens with zero attached hydrogens (tertiary/aromatic N) is 1. The topological polar surface area (TPSA) is 33.6 Å². The van der Waals surface area contributed by atoms with Crippen LogP contribution in [0.25, 0.3) is 0 Å². The normalized spacial score (nSPS) is 19.9. The van der Waals surface area contributed by atoms with Crippen LogP contribution in [-0.2, 0) is 4.84 Å². The quantitative estimate of drug-likeness (QED) is 0.463. The van der Waals surface area contributed by atoms with E-state index >= 15 is 0 Å². The van der Waals surface area contributed by atoms with E-state index in [2.05, 4.69) is 24.3 Å². The molecule has 10 heavy (non-hydrogen) atoms. The van der Waals surface area contributed by atoms with Gasteiger partial charge >= 0.3 is 0 Å². The first-order valence-electron chi connectivity index (χ1n) is 3.69. The van der Waals surface area contributed by atoms with Crippen LogP contribution in [0, 0.1) is 5.92 Å². The smallest absolute Gasteiger partial charge is 0.152 e. The molecular formula is C7H14N2O. The zero-order valence-corrected chi connectivity index (χ0v) is 6.50. The Morgan fingerprint density at radius 1 is 1.60 bits per heavy atom. The number of rotatable bonds is 3. The van der Waals surface area contributed by atoms with Gasteiger partial charge in [0.25, 0.3) is 0 Å². The van der Waals surface area contributed by atoms with Crippen LogP contribution >= 0.6 is 0 Å². The van der Waals surface area contributed by atoms with Crippen molar-refractivity contribution in [3.05, 3.63) is 0 Å². The van der Waals surface area contributed by atoms with Gasteiger partial charge in [0.15, 0.2) is 6.10 Å². The van der Waals surface area contributed by atoms with Crippen molar-refractivity contribution in [3.8, 4) is 0 Å². The van der Waals surface area contributed by atoms with E-state index in [9.17, 15) is 0 Å². The summed E-state index contributed by atoms with van der Waals surface area (Å²) < 4.78 is 0. The molecule has 0 aromatic rings. The SMILES string of the molecule is CC(C)/C=N/OC1CNC1. The van der Waals surface area contributed by atoms with Crippen molar-refractivity contribution in [1.82, 2.24) is 5.32 Å². The molecule has 1 fully saturated rings. The zero-order valence-electron chi connectivity index (χ0n) is 6.50. The summed E-state index contributed by atoms with van der Waals surface area (Å²) in [5.74, 6) is 0.480. The Labute approximate surface area is 61.4 Å². The Kier molecular flexibility index (Phi) is 2.68. The van der Waals surface area contributed by atoms with Crippen molar-refractivity contribution in [2.24, 2.45) is 11.1 Å². The molecule has 0 aromatic heterocycles. The first-order chi connectivity index (χ1) is 4.79. The number of hydrogen-bond donors (Lipinski definition) is 1. The predicted molar refractivity (Wildman–Crippen MR) is 41.1 cm³/mol. The van der Waals surface area contributed by atoms with Crippen molar-refractivity contribution < 1.29 is 4.84 Å². The molecule has 3 nitrogen and oxygen atoms in total. The van der Waals surface area contributed by atoms with Crippen LogP contribution in [0.5, 0.6) is 0 Å². The Morgan fingerprint density at radius 2 is 2.30 bits per heavy atom.